The van der Waals surface area contributed by atoms with Gasteiger partial charge in [-0.05, 0) is 50.3 Å². The van der Waals surface area contributed by atoms with Gasteiger partial charge in [0.2, 0.25) is 5.91 Å². The van der Waals surface area contributed by atoms with Gasteiger partial charge in [-0.15, -0.1) is 0 Å². The van der Waals surface area contributed by atoms with E-state index in [1.54, 1.807) is 0 Å². The normalized spacial score (nSPS) is 19.0. The fourth-order valence-corrected chi connectivity index (χ4v) is 3.85. The van der Waals surface area contributed by atoms with Crippen molar-refractivity contribution in [1.29, 1.82) is 0 Å². The van der Waals surface area contributed by atoms with Crippen LogP contribution in [0.25, 0.3) is 0 Å². The quantitative estimate of drug-likeness (QED) is 0.867. The van der Waals surface area contributed by atoms with Crippen LogP contribution in [0.5, 0.6) is 0 Å². The van der Waals surface area contributed by atoms with Crippen molar-refractivity contribution in [2.24, 2.45) is 5.92 Å². The van der Waals surface area contributed by atoms with Gasteiger partial charge in [0.05, 0.1) is 6.04 Å². The van der Waals surface area contributed by atoms with Crippen LogP contribution >= 0.6 is 0 Å². The van der Waals surface area contributed by atoms with E-state index in [4.69, 9.17) is 0 Å². The van der Waals surface area contributed by atoms with Gasteiger partial charge in [0.25, 0.3) is 0 Å². The van der Waals surface area contributed by atoms with E-state index in [-0.39, 0.29) is 17.9 Å². The molecule has 0 aromatic heterocycles. The van der Waals surface area contributed by atoms with Crippen molar-refractivity contribution in [3.05, 3.63) is 65.2 Å². The van der Waals surface area contributed by atoms with Crippen LogP contribution in [0.15, 0.2) is 48.5 Å². The largest absolute Gasteiger partial charge is 0.378 e. The highest BCUT2D eigenvalue weighted by Crippen LogP contribution is 2.39. The lowest BCUT2D eigenvalue weighted by Crippen LogP contribution is -2.36. The summed E-state index contributed by atoms with van der Waals surface area (Å²) < 4.78 is 0. The molecule has 2 aromatic rings. The number of hydrogen-bond acceptors (Lipinski definition) is 2. The molecule has 1 amide bonds. The third-order valence-corrected chi connectivity index (χ3v) is 5.24. The minimum atomic E-state index is 0.177. The molecule has 1 heterocycles. The molecular weight excluding hydrogens is 308 g/mol. The number of amides is 1. The third-order valence-electron chi connectivity index (χ3n) is 5.24. The topological polar surface area (TPSA) is 32.3 Å². The molecule has 0 aliphatic carbocycles. The maximum absolute atomic E-state index is 12.7. The van der Waals surface area contributed by atoms with Crippen molar-refractivity contribution < 1.29 is 4.79 Å². The van der Waals surface area contributed by atoms with Gasteiger partial charge in [-0.25, -0.2) is 0 Å². The SMILES string of the molecule is CCN(CC)C(=O)CC1Cc2cc(C)ccc2NC1c1ccccc1. The summed E-state index contributed by atoms with van der Waals surface area (Å²) in [6.45, 7) is 7.78. The molecule has 25 heavy (non-hydrogen) atoms. The van der Waals surface area contributed by atoms with Crippen molar-refractivity contribution in [3.8, 4) is 0 Å². The fraction of sp³-hybridized carbons (Fsp3) is 0.409. The summed E-state index contributed by atoms with van der Waals surface area (Å²) in [6.07, 6.45) is 1.53. The number of nitrogens with one attached hydrogen (secondary N) is 1. The minimum Gasteiger partial charge on any atom is -0.378 e. The Labute approximate surface area is 151 Å². The zero-order valence-electron chi connectivity index (χ0n) is 15.5. The highest BCUT2D eigenvalue weighted by Gasteiger charge is 2.31. The van der Waals surface area contributed by atoms with Crippen molar-refractivity contribution >= 4 is 11.6 Å². The molecule has 0 saturated carbocycles. The van der Waals surface area contributed by atoms with Crippen LogP contribution in [0.4, 0.5) is 5.69 Å². The molecule has 0 saturated heterocycles. The van der Waals surface area contributed by atoms with E-state index < -0.39 is 0 Å². The second-order valence-corrected chi connectivity index (χ2v) is 6.93. The molecule has 0 radical (unpaired) electrons. The summed E-state index contributed by atoms with van der Waals surface area (Å²) in [7, 11) is 0. The molecule has 2 unspecified atom stereocenters. The molecule has 0 spiro atoms. The molecule has 3 rings (SSSR count). The Kier molecular flexibility index (Phi) is 5.42. The first-order valence-corrected chi connectivity index (χ1v) is 9.31. The van der Waals surface area contributed by atoms with Gasteiger partial charge in [0, 0.05) is 25.2 Å². The van der Waals surface area contributed by atoms with Crippen LogP contribution in [0.3, 0.4) is 0 Å². The van der Waals surface area contributed by atoms with E-state index in [0.29, 0.717) is 6.42 Å². The first kappa shape index (κ1) is 17.5. The molecule has 1 aliphatic heterocycles. The van der Waals surface area contributed by atoms with Crippen molar-refractivity contribution in [2.45, 2.75) is 39.7 Å². The molecule has 132 valence electrons. The smallest absolute Gasteiger partial charge is 0.222 e. The first-order chi connectivity index (χ1) is 12.1. The Morgan fingerprint density at radius 3 is 2.52 bits per heavy atom. The molecule has 0 bridgehead atoms. The number of benzene rings is 2. The second kappa shape index (κ2) is 7.73. The molecule has 3 nitrogen and oxygen atoms in total. The van der Waals surface area contributed by atoms with Crippen LogP contribution in [0.1, 0.15) is 43.0 Å². The Bertz CT molecular complexity index is 722. The van der Waals surface area contributed by atoms with Crippen LogP contribution < -0.4 is 5.32 Å². The number of rotatable bonds is 5. The van der Waals surface area contributed by atoms with Gasteiger partial charge in [0.1, 0.15) is 0 Å². The molecule has 1 aliphatic rings. The monoisotopic (exact) mass is 336 g/mol. The predicted octanol–water partition coefficient (Wildman–Crippen LogP) is 4.58. The number of fused-ring (bicyclic) bond motifs is 1. The summed E-state index contributed by atoms with van der Waals surface area (Å²) in [5, 5.41) is 3.70. The summed E-state index contributed by atoms with van der Waals surface area (Å²) in [5.74, 6) is 0.527. The zero-order chi connectivity index (χ0) is 17.8. The highest BCUT2D eigenvalue weighted by atomic mass is 16.2. The fourth-order valence-electron chi connectivity index (χ4n) is 3.85. The van der Waals surface area contributed by atoms with Gasteiger partial charge in [-0.1, -0.05) is 48.0 Å². The van der Waals surface area contributed by atoms with Gasteiger partial charge >= 0.3 is 0 Å². The van der Waals surface area contributed by atoms with Gasteiger partial charge < -0.3 is 10.2 Å². The lowest BCUT2D eigenvalue weighted by atomic mass is 9.81. The Balaban J connectivity index is 1.90. The zero-order valence-corrected chi connectivity index (χ0v) is 15.5. The molecule has 0 fully saturated rings. The number of aryl methyl sites for hydroxylation is 1. The van der Waals surface area contributed by atoms with Crippen molar-refractivity contribution in [1.82, 2.24) is 4.90 Å². The van der Waals surface area contributed by atoms with Gasteiger partial charge in [-0.3, -0.25) is 4.79 Å². The Morgan fingerprint density at radius 1 is 1.12 bits per heavy atom. The highest BCUT2D eigenvalue weighted by molar-refractivity contribution is 5.77. The molecule has 1 N–H and O–H groups in total. The minimum absolute atomic E-state index is 0.177. The summed E-state index contributed by atoms with van der Waals surface area (Å²) in [4.78, 5) is 14.7. The molecule has 3 heteroatoms. The van der Waals surface area contributed by atoms with Crippen LogP contribution in [-0.4, -0.2) is 23.9 Å². The maximum Gasteiger partial charge on any atom is 0.222 e. The first-order valence-electron chi connectivity index (χ1n) is 9.31. The number of carbonyl (C=O) groups is 1. The van der Waals surface area contributed by atoms with E-state index in [0.717, 1.165) is 19.5 Å². The average molecular weight is 336 g/mol. The number of carbonyl (C=O) groups excluding carboxylic acids is 1. The summed E-state index contributed by atoms with van der Waals surface area (Å²) >= 11 is 0. The maximum atomic E-state index is 12.7. The lowest BCUT2D eigenvalue weighted by Gasteiger charge is -2.36. The van der Waals surface area contributed by atoms with Crippen LogP contribution in [0.2, 0.25) is 0 Å². The van der Waals surface area contributed by atoms with Crippen molar-refractivity contribution in [2.75, 3.05) is 18.4 Å². The molecular formula is C22H28N2O. The lowest BCUT2D eigenvalue weighted by molar-refractivity contribution is -0.132. The number of nitrogens with zero attached hydrogens (tertiary/aromatic N) is 1. The second-order valence-electron chi connectivity index (χ2n) is 6.93. The Morgan fingerprint density at radius 2 is 1.84 bits per heavy atom. The van der Waals surface area contributed by atoms with Gasteiger partial charge in [-0.2, -0.15) is 0 Å². The van der Waals surface area contributed by atoms with Gasteiger partial charge in [0.15, 0.2) is 0 Å². The van der Waals surface area contributed by atoms with E-state index in [1.807, 2.05) is 24.8 Å². The predicted molar refractivity (Wildman–Crippen MR) is 104 cm³/mol. The van der Waals surface area contributed by atoms with Crippen molar-refractivity contribution in [3.63, 3.8) is 0 Å². The summed E-state index contributed by atoms with van der Waals surface area (Å²) in [6, 6.07) is 17.2. The standard InChI is InChI=1S/C22H28N2O/c1-4-24(5-2)21(25)15-19-14-18-13-16(3)11-12-20(18)23-22(19)17-9-7-6-8-10-17/h6-13,19,22-23H,4-5,14-15H2,1-3H3. The van der Waals surface area contributed by atoms with Crippen LogP contribution in [0, 0.1) is 12.8 Å². The Hall–Kier alpha value is -2.29. The molecule has 2 atom stereocenters. The average Bonchev–Trinajstić information content (AvgIpc) is 2.63. The molecule has 2 aromatic carbocycles. The van der Waals surface area contributed by atoms with E-state index in [9.17, 15) is 4.79 Å². The van der Waals surface area contributed by atoms with E-state index in [2.05, 4.69) is 54.7 Å². The third kappa shape index (κ3) is 3.87. The number of anilines is 1. The van der Waals surface area contributed by atoms with E-state index >= 15 is 0 Å². The van der Waals surface area contributed by atoms with E-state index in [1.165, 1.54) is 22.4 Å². The summed E-state index contributed by atoms with van der Waals surface area (Å²) in [5.41, 5.74) is 5.05. The number of hydrogen-bond donors (Lipinski definition) is 1. The van der Waals surface area contributed by atoms with Crippen LogP contribution in [-0.2, 0) is 11.2 Å².